The lowest BCUT2D eigenvalue weighted by atomic mass is 10.1. The third-order valence-electron chi connectivity index (χ3n) is 2.52. The van der Waals surface area contributed by atoms with Crippen molar-refractivity contribution in [1.29, 1.82) is 0 Å². The third kappa shape index (κ3) is 2.48. The van der Waals surface area contributed by atoms with Crippen molar-refractivity contribution in [3.05, 3.63) is 51.8 Å². The van der Waals surface area contributed by atoms with Crippen LogP contribution in [0.2, 0.25) is 0 Å². The van der Waals surface area contributed by atoms with Gasteiger partial charge in [-0.05, 0) is 27.6 Å². The van der Waals surface area contributed by atoms with Crippen LogP contribution in [0.15, 0.2) is 28.9 Å². The summed E-state index contributed by atoms with van der Waals surface area (Å²) >= 11 is 3.20. The van der Waals surface area contributed by atoms with Crippen molar-refractivity contribution in [3.63, 3.8) is 0 Å². The van der Waals surface area contributed by atoms with Gasteiger partial charge in [0.15, 0.2) is 5.78 Å². The van der Waals surface area contributed by atoms with Gasteiger partial charge in [0.05, 0.1) is 10.7 Å². The standard InChI is InChI=1S/C12H9BrF2N2O/c1-17-12(9(13)6-16-17)11(18)4-7-2-3-8(14)5-10(7)15/h2-3,5-6H,4H2,1H3. The van der Waals surface area contributed by atoms with Gasteiger partial charge in [0.2, 0.25) is 0 Å². The zero-order valence-corrected chi connectivity index (χ0v) is 11.0. The molecule has 0 aliphatic carbocycles. The van der Waals surface area contributed by atoms with E-state index in [0.717, 1.165) is 12.1 Å². The second kappa shape index (κ2) is 4.97. The summed E-state index contributed by atoms with van der Waals surface area (Å²) in [5, 5.41) is 3.91. The van der Waals surface area contributed by atoms with Crippen LogP contribution in [-0.4, -0.2) is 15.6 Å². The molecule has 0 saturated carbocycles. The largest absolute Gasteiger partial charge is 0.292 e. The molecular formula is C12H9BrF2N2O. The molecule has 0 fully saturated rings. The highest BCUT2D eigenvalue weighted by Crippen LogP contribution is 2.18. The zero-order valence-electron chi connectivity index (χ0n) is 9.45. The first-order chi connectivity index (χ1) is 8.49. The Morgan fingerprint density at radius 3 is 2.72 bits per heavy atom. The van der Waals surface area contributed by atoms with Crippen LogP contribution in [0.3, 0.4) is 0 Å². The minimum absolute atomic E-state index is 0.135. The summed E-state index contributed by atoms with van der Waals surface area (Å²) in [4.78, 5) is 12.0. The van der Waals surface area contributed by atoms with Crippen molar-refractivity contribution in [3.8, 4) is 0 Å². The fourth-order valence-corrected chi connectivity index (χ4v) is 2.22. The minimum atomic E-state index is -0.721. The van der Waals surface area contributed by atoms with Gasteiger partial charge in [-0.2, -0.15) is 5.10 Å². The topological polar surface area (TPSA) is 34.9 Å². The first kappa shape index (κ1) is 12.9. The number of nitrogens with zero attached hydrogens (tertiary/aromatic N) is 2. The molecule has 94 valence electrons. The van der Waals surface area contributed by atoms with Crippen LogP contribution >= 0.6 is 15.9 Å². The first-order valence-corrected chi connectivity index (χ1v) is 5.93. The molecule has 0 atom stereocenters. The number of benzene rings is 1. The number of Topliss-reactive ketones (excluding diaryl/α,β-unsaturated/α-hetero) is 1. The molecule has 6 heteroatoms. The Balaban J connectivity index is 2.27. The lowest BCUT2D eigenvalue weighted by Crippen LogP contribution is -2.11. The van der Waals surface area contributed by atoms with Crippen LogP contribution < -0.4 is 0 Å². The van der Waals surface area contributed by atoms with Crippen molar-refractivity contribution in [2.24, 2.45) is 7.05 Å². The molecule has 1 aromatic carbocycles. The van der Waals surface area contributed by atoms with Crippen LogP contribution in [0.4, 0.5) is 8.78 Å². The number of hydrogen-bond donors (Lipinski definition) is 0. The predicted molar refractivity (Wildman–Crippen MR) is 65.3 cm³/mol. The SMILES string of the molecule is Cn1ncc(Br)c1C(=O)Cc1ccc(F)cc1F. The maximum atomic E-state index is 13.4. The van der Waals surface area contributed by atoms with E-state index in [1.807, 2.05) is 0 Å². The number of carbonyl (C=O) groups is 1. The summed E-state index contributed by atoms with van der Waals surface area (Å²) in [5.41, 5.74) is 0.522. The lowest BCUT2D eigenvalue weighted by Gasteiger charge is -2.04. The van der Waals surface area contributed by atoms with Crippen molar-refractivity contribution in [1.82, 2.24) is 9.78 Å². The molecule has 0 unspecified atom stereocenters. The van der Waals surface area contributed by atoms with E-state index < -0.39 is 11.6 Å². The van der Waals surface area contributed by atoms with E-state index in [2.05, 4.69) is 21.0 Å². The van der Waals surface area contributed by atoms with Crippen molar-refractivity contribution in [2.45, 2.75) is 6.42 Å². The zero-order chi connectivity index (χ0) is 13.3. The number of aromatic nitrogens is 2. The Bertz CT molecular complexity index is 591. The molecular weight excluding hydrogens is 306 g/mol. The molecule has 0 amide bonds. The van der Waals surface area contributed by atoms with E-state index >= 15 is 0 Å². The average molecular weight is 315 g/mol. The first-order valence-electron chi connectivity index (χ1n) is 5.13. The third-order valence-corrected chi connectivity index (χ3v) is 3.10. The molecule has 3 nitrogen and oxygen atoms in total. The number of aryl methyl sites for hydroxylation is 1. The molecule has 18 heavy (non-hydrogen) atoms. The molecule has 1 aromatic heterocycles. The number of hydrogen-bond acceptors (Lipinski definition) is 2. The summed E-state index contributed by atoms with van der Waals surface area (Å²) < 4.78 is 28.1. The number of ketones is 1. The maximum absolute atomic E-state index is 13.4. The Morgan fingerprint density at radius 2 is 2.17 bits per heavy atom. The van der Waals surface area contributed by atoms with Gasteiger partial charge < -0.3 is 0 Å². The van der Waals surface area contributed by atoms with E-state index in [-0.39, 0.29) is 17.8 Å². The molecule has 0 radical (unpaired) electrons. The van der Waals surface area contributed by atoms with Crippen LogP contribution in [0, 0.1) is 11.6 Å². The lowest BCUT2D eigenvalue weighted by molar-refractivity contribution is 0.0982. The smallest absolute Gasteiger partial charge is 0.186 e. The van der Waals surface area contributed by atoms with E-state index in [4.69, 9.17) is 0 Å². The van der Waals surface area contributed by atoms with E-state index in [1.165, 1.54) is 16.9 Å². The summed E-state index contributed by atoms with van der Waals surface area (Å²) in [7, 11) is 1.62. The molecule has 1 heterocycles. The second-order valence-electron chi connectivity index (χ2n) is 3.80. The highest BCUT2D eigenvalue weighted by atomic mass is 79.9. The summed E-state index contributed by atoms with van der Waals surface area (Å²) in [6.45, 7) is 0. The second-order valence-corrected chi connectivity index (χ2v) is 4.65. The van der Waals surface area contributed by atoms with E-state index in [0.29, 0.717) is 10.2 Å². The van der Waals surface area contributed by atoms with E-state index in [9.17, 15) is 13.6 Å². The Morgan fingerprint density at radius 1 is 1.44 bits per heavy atom. The van der Waals surface area contributed by atoms with E-state index in [1.54, 1.807) is 7.05 Å². The minimum Gasteiger partial charge on any atom is -0.292 e. The van der Waals surface area contributed by atoms with Crippen molar-refractivity contribution >= 4 is 21.7 Å². The summed E-state index contributed by atoms with van der Waals surface area (Å²) in [5.74, 6) is -1.67. The molecule has 0 saturated heterocycles. The number of rotatable bonds is 3. The Labute approximate surface area is 111 Å². The highest BCUT2D eigenvalue weighted by Gasteiger charge is 2.17. The average Bonchev–Trinajstić information content (AvgIpc) is 2.62. The Hall–Kier alpha value is -1.56. The number of carbonyl (C=O) groups excluding carboxylic acids is 1. The fraction of sp³-hybridized carbons (Fsp3) is 0.167. The van der Waals surface area contributed by atoms with Crippen LogP contribution in [0.5, 0.6) is 0 Å². The molecule has 0 N–H and O–H groups in total. The van der Waals surface area contributed by atoms with Gasteiger partial charge in [0, 0.05) is 19.5 Å². The molecule has 0 aliphatic heterocycles. The van der Waals surface area contributed by atoms with Crippen molar-refractivity contribution in [2.75, 3.05) is 0 Å². The molecule has 0 bridgehead atoms. The predicted octanol–water partition coefficient (Wildman–Crippen LogP) is 2.89. The van der Waals surface area contributed by atoms with Gasteiger partial charge in [-0.25, -0.2) is 8.78 Å². The van der Waals surface area contributed by atoms with Gasteiger partial charge in [0.25, 0.3) is 0 Å². The van der Waals surface area contributed by atoms with Gasteiger partial charge in [-0.3, -0.25) is 9.48 Å². The maximum Gasteiger partial charge on any atom is 0.186 e. The molecule has 2 aromatic rings. The van der Waals surface area contributed by atoms with Gasteiger partial charge >= 0.3 is 0 Å². The highest BCUT2D eigenvalue weighted by molar-refractivity contribution is 9.10. The normalized spacial score (nSPS) is 10.7. The van der Waals surface area contributed by atoms with Gasteiger partial charge in [0.1, 0.15) is 17.3 Å². The monoisotopic (exact) mass is 314 g/mol. The quantitative estimate of drug-likeness (QED) is 0.816. The summed E-state index contributed by atoms with van der Waals surface area (Å²) in [6.07, 6.45) is 1.36. The summed E-state index contributed by atoms with van der Waals surface area (Å²) in [6, 6.07) is 3.16. The molecule has 0 spiro atoms. The molecule has 2 rings (SSSR count). The van der Waals surface area contributed by atoms with Crippen molar-refractivity contribution < 1.29 is 13.6 Å². The Kier molecular flexibility index (Phi) is 3.56. The van der Waals surface area contributed by atoms with Crippen LogP contribution in [0.1, 0.15) is 16.1 Å². The fourth-order valence-electron chi connectivity index (χ4n) is 1.65. The van der Waals surface area contributed by atoms with Crippen LogP contribution in [0.25, 0.3) is 0 Å². The van der Waals surface area contributed by atoms with Crippen LogP contribution in [-0.2, 0) is 13.5 Å². The number of halogens is 3. The molecule has 0 aliphatic rings. The van der Waals surface area contributed by atoms with Gasteiger partial charge in [-0.1, -0.05) is 6.07 Å². The van der Waals surface area contributed by atoms with Gasteiger partial charge in [-0.15, -0.1) is 0 Å².